The minimum atomic E-state index is 0.787. The van der Waals surface area contributed by atoms with Crippen molar-refractivity contribution in [1.29, 1.82) is 0 Å². The van der Waals surface area contributed by atoms with Crippen molar-refractivity contribution in [3.63, 3.8) is 0 Å². The van der Waals surface area contributed by atoms with Gasteiger partial charge in [-0.25, -0.2) is 0 Å². The van der Waals surface area contributed by atoms with Crippen LogP contribution in [-0.4, -0.2) is 10.9 Å². The number of hydrogen-bond acceptors (Lipinski definition) is 1. The summed E-state index contributed by atoms with van der Waals surface area (Å²) < 4.78 is 2.12. The molecule has 3 rings (SSSR count). The molecule has 1 aromatic carbocycles. The van der Waals surface area contributed by atoms with Crippen LogP contribution in [0, 0.1) is 0 Å². The van der Waals surface area contributed by atoms with Crippen molar-refractivity contribution in [1.82, 2.24) is 4.57 Å². The third kappa shape index (κ3) is 0.826. The van der Waals surface area contributed by atoms with Crippen LogP contribution in [0.1, 0.15) is 15.9 Å². The molecular formula is C12H9NO. The summed E-state index contributed by atoms with van der Waals surface area (Å²) in [6.07, 6.45) is 2.90. The zero-order chi connectivity index (χ0) is 9.54. The van der Waals surface area contributed by atoms with E-state index in [0.29, 0.717) is 0 Å². The number of benzene rings is 1. The first kappa shape index (κ1) is 7.56. The lowest BCUT2D eigenvalue weighted by atomic mass is 10.1. The first-order chi connectivity index (χ1) is 6.90. The number of carbonyl (C=O) groups is 1. The van der Waals surface area contributed by atoms with Crippen LogP contribution in [0.5, 0.6) is 0 Å². The maximum atomic E-state index is 10.8. The van der Waals surface area contributed by atoms with E-state index in [-0.39, 0.29) is 0 Å². The number of aromatic nitrogens is 1. The van der Waals surface area contributed by atoms with Gasteiger partial charge < -0.3 is 4.57 Å². The summed E-state index contributed by atoms with van der Waals surface area (Å²) in [5, 5.41) is 0. The van der Waals surface area contributed by atoms with Gasteiger partial charge in [0.05, 0.1) is 5.69 Å². The maximum Gasteiger partial charge on any atom is 0.152 e. The lowest BCUT2D eigenvalue weighted by Crippen LogP contribution is -1.89. The monoisotopic (exact) mass is 183 g/mol. The van der Waals surface area contributed by atoms with Gasteiger partial charge in [0.15, 0.2) is 6.29 Å². The summed E-state index contributed by atoms with van der Waals surface area (Å²) in [7, 11) is 0. The number of nitrogens with zero attached hydrogens (tertiary/aromatic N) is 1. The lowest BCUT2D eigenvalue weighted by Gasteiger charge is -1.97. The van der Waals surface area contributed by atoms with Crippen LogP contribution in [0.2, 0.25) is 0 Å². The molecule has 1 aliphatic rings. The Morgan fingerprint density at radius 1 is 1.21 bits per heavy atom. The largest absolute Gasteiger partial charge is 0.342 e. The third-order valence-corrected chi connectivity index (χ3v) is 2.73. The molecule has 0 radical (unpaired) electrons. The highest BCUT2D eigenvalue weighted by atomic mass is 16.1. The summed E-state index contributed by atoms with van der Waals surface area (Å²) in [6, 6.07) is 10.1. The molecule has 1 aromatic heterocycles. The molecule has 2 heteroatoms. The second-order valence-electron chi connectivity index (χ2n) is 3.52. The van der Waals surface area contributed by atoms with Gasteiger partial charge in [-0.05, 0) is 11.6 Å². The summed E-state index contributed by atoms with van der Waals surface area (Å²) in [4.78, 5) is 10.8. The molecule has 14 heavy (non-hydrogen) atoms. The Balaban J connectivity index is 2.32. The molecule has 0 atom stereocenters. The lowest BCUT2D eigenvalue weighted by molar-refractivity contribution is 0.112. The quantitative estimate of drug-likeness (QED) is 0.531. The highest BCUT2D eigenvalue weighted by molar-refractivity contribution is 5.88. The van der Waals surface area contributed by atoms with Crippen molar-refractivity contribution in [3.8, 4) is 11.3 Å². The smallest absolute Gasteiger partial charge is 0.152 e. The van der Waals surface area contributed by atoms with E-state index in [1.807, 2.05) is 24.4 Å². The van der Waals surface area contributed by atoms with Gasteiger partial charge >= 0.3 is 0 Å². The molecule has 0 saturated heterocycles. The van der Waals surface area contributed by atoms with Gasteiger partial charge in [0.1, 0.15) is 0 Å². The third-order valence-electron chi connectivity index (χ3n) is 2.73. The van der Waals surface area contributed by atoms with E-state index in [2.05, 4.69) is 16.7 Å². The molecule has 0 unspecified atom stereocenters. The zero-order valence-corrected chi connectivity index (χ0v) is 7.60. The van der Waals surface area contributed by atoms with E-state index in [0.717, 1.165) is 24.1 Å². The minimum Gasteiger partial charge on any atom is -0.342 e. The highest BCUT2D eigenvalue weighted by Gasteiger charge is 2.20. The number of aldehydes is 1. The Morgan fingerprint density at radius 3 is 2.93 bits per heavy atom. The fourth-order valence-corrected chi connectivity index (χ4v) is 2.10. The van der Waals surface area contributed by atoms with Gasteiger partial charge in [0.25, 0.3) is 0 Å². The maximum absolute atomic E-state index is 10.8. The standard InChI is InChI=1S/C12H9NO/c14-8-10-5-6-13-7-9-3-1-2-4-11(9)12(10)13/h1-6,8H,7H2. The number of hydrogen-bond donors (Lipinski definition) is 0. The van der Waals surface area contributed by atoms with Crippen molar-refractivity contribution in [2.24, 2.45) is 0 Å². The number of fused-ring (bicyclic) bond motifs is 3. The molecule has 0 spiro atoms. The van der Waals surface area contributed by atoms with E-state index in [1.165, 1.54) is 11.1 Å². The predicted octanol–water partition coefficient (Wildman–Crippen LogP) is 2.33. The zero-order valence-electron chi connectivity index (χ0n) is 7.60. The SMILES string of the molecule is O=Cc1ccn2c1-c1ccccc1C2. The summed E-state index contributed by atoms with van der Waals surface area (Å²) in [5.74, 6) is 0. The van der Waals surface area contributed by atoms with Gasteiger partial charge in [0, 0.05) is 23.9 Å². The molecule has 0 bridgehead atoms. The van der Waals surface area contributed by atoms with E-state index in [9.17, 15) is 4.79 Å². The average molecular weight is 183 g/mol. The molecule has 1 aliphatic heterocycles. The van der Waals surface area contributed by atoms with Crippen LogP contribution in [0.4, 0.5) is 0 Å². The normalized spacial score (nSPS) is 12.3. The van der Waals surface area contributed by atoms with E-state index in [1.54, 1.807) is 0 Å². The molecule has 0 N–H and O–H groups in total. The Labute approximate surface area is 81.8 Å². The molecule has 0 saturated carbocycles. The Morgan fingerprint density at radius 2 is 2.07 bits per heavy atom. The topological polar surface area (TPSA) is 22.0 Å². The number of rotatable bonds is 1. The molecule has 68 valence electrons. The molecule has 0 fully saturated rings. The van der Waals surface area contributed by atoms with Crippen molar-refractivity contribution < 1.29 is 4.79 Å². The molecule has 0 aliphatic carbocycles. The van der Waals surface area contributed by atoms with E-state index < -0.39 is 0 Å². The van der Waals surface area contributed by atoms with Crippen LogP contribution in [0.25, 0.3) is 11.3 Å². The van der Waals surface area contributed by atoms with Gasteiger partial charge in [-0.3, -0.25) is 4.79 Å². The Hall–Kier alpha value is -1.83. The first-order valence-electron chi connectivity index (χ1n) is 4.63. The van der Waals surface area contributed by atoms with E-state index >= 15 is 0 Å². The summed E-state index contributed by atoms with van der Waals surface area (Å²) in [5.41, 5.74) is 4.34. The van der Waals surface area contributed by atoms with Crippen molar-refractivity contribution in [3.05, 3.63) is 47.7 Å². The number of carbonyl (C=O) groups excluding carboxylic acids is 1. The summed E-state index contributed by atoms with van der Waals surface area (Å²) >= 11 is 0. The first-order valence-corrected chi connectivity index (χ1v) is 4.63. The molecular weight excluding hydrogens is 174 g/mol. The van der Waals surface area contributed by atoms with Gasteiger partial charge in [-0.15, -0.1) is 0 Å². The Kier molecular flexibility index (Phi) is 1.39. The van der Waals surface area contributed by atoms with Crippen LogP contribution in [-0.2, 0) is 6.54 Å². The van der Waals surface area contributed by atoms with Crippen LogP contribution in [0.15, 0.2) is 36.5 Å². The van der Waals surface area contributed by atoms with Crippen molar-refractivity contribution in [2.75, 3.05) is 0 Å². The molecule has 2 aromatic rings. The summed E-state index contributed by atoms with van der Waals surface area (Å²) in [6.45, 7) is 0.888. The molecule has 2 nitrogen and oxygen atoms in total. The average Bonchev–Trinajstić information content (AvgIpc) is 2.75. The van der Waals surface area contributed by atoms with Gasteiger partial charge in [0.2, 0.25) is 0 Å². The fourth-order valence-electron chi connectivity index (χ4n) is 2.10. The van der Waals surface area contributed by atoms with Crippen LogP contribution in [0.3, 0.4) is 0 Å². The van der Waals surface area contributed by atoms with Crippen LogP contribution >= 0.6 is 0 Å². The van der Waals surface area contributed by atoms with Crippen molar-refractivity contribution >= 4 is 6.29 Å². The fraction of sp³-hybridized carbons (Fsp3) is 0.0833. The Bertz CT molecular complexity index is 511. The van der Waals surface area contributed by atoms with E-state index in [4.69, 9.17) is 0 Å². The highest BCUT2D eigenvalue weighted by Crippen LogP contribution is 2.33. The van der Waals surface area contributed by atoms with Gasteiger partial charge in [-0.1, -0.05) is 24.3 Å². The second kappa shape index (κ2) is 2.58. The molecule has 2 heterocycles. The van der Waals surface area contributed by atoms with Crippen molar-refractivity contribution in [2.45, 2.75) is 6.54 Å². The minimum absolute atomic E-state index is 0.787. The van der Waals surface area contributed by atoms with Crippen LogP contribution < -0.4 is 0 Å². The predicted molar refractivity (Wildman–Crippen MR) is 54.4 cm³/mol. The van der Waals surface area contributed by atoms with Gasteiger partial charge in [-0.2, -0.15) is 0 Å². The molecule has 0 amide bonds. The second-order valence-corrected chi connectivity index (χ2v) is 3.52.